The first-order valence-electron chi connectivity index (χ1n) is 7.36. The molecule has 1 fully saturated rings. The van der Waals surface area contributed by atoms with E-state index in [9.17, 15) is 13.2 Å². The predicted molar refractivity (Wildman–Crippen MR) is 79.0 cm³/mol. The third kappa shape index (κ3) is 3.28. The number of aromatic nitrogens is 1. The lowest BCUT2D eigenvalue weighted by Crippen LogP contribution is -2.42. The summed E-state index contributed by atoms with van der Waals surface area (Å²) in [7, 11) is -3.02. The van der Waals surface area contributed by atoms with Crippen LogP contribution in [0.25, 0.3) is 0 Å². The molecule has 6 nitrogen and oxygen atoms in total. The van der Waals surface area contributed by atoms with Gasteiger partial charge in [0.25, 0.3) is 5.91 Å². The van der Waals surface area contributed by atoms with Crippen molar-refractivity contribution < 1.29 is 17.7 Å². The van der Waals surface area contributed by atoms with Crippen molar-refractivity contribution in [1.29, 1.82) is 0 Å². The molecule has 0 saturated carbocycles. The highest BCUT2D eigenvalue weighted by atomic mass is 32.2. The van der Waals surface area contributed by atoms with Gasteiger partial charge in [0.2, 0.25) is 0 Å². The van der Waals surface area contributed by atoms with E-state index in [0.717, 1.165) is 6.42 Å². The molecule has 0 bridgehead atoms. The minimum absolute atomic E-state index is 0.0600. The van der Waals surface area contributed by atoms with E-state index in [0.29, 0.717) is 36.4 Å². The molecule has 1 aliphatic heterocycles. The van der Waals surface area contributed by atoms with Gasteiger partial charge in [-0.15, -0.1) is 0 Å². The molecule has 7 heteroatoms. The SMILES string of the molecule is CCCN(C(=O)c1c(CC)noc1C)C1CCS(=O)(=O)C1. The van der Waals surface area contributed by atoms with Crippen LogP contribution in [0, 0.1) is 6.92 Å². The number of hydrogen-bond donors (Lipinski definition) is 0. The molecule has 2 heterocycles. The largest absolute Gasteiger partial charge is 0.361 e. The first-order valence-corrected chi connectivity index (χ1v) is 9.18. The molecule has 1 amide bonds. The number of carbonyl (C=O) groups excluding carboxylic acids is 1. The molecule has 1 aromatic heterocycles. The van der Waals surface area contributed by atoms with E-state index >= 15 is 0 Å². The van der Waals surface area contributed by atoms with Crippen LogP contribution in [0.5, 0.6) is 0 Å². The van der Waals surface area contributed by atoms with Crippen molar-refractivity contribution in [2.75, 3.05) is 18.1 Å². The van der Waals surface area contributed by atoms with Crippen LogP contribution in [0.15, 0.2) is 4.52 Å². The average molecular weight is 314 g/mol. The highest BCUT2D eigenvalue weighted by molar-refractivity contribution is 7.91. The van der Waals surface area contributed by atoms with E-state index in [1.165, 1.54) is 0 Å². The Morgan fingerprint density at radius 3 is 2.67 bits per heavy atom. The number of amides is 1. The van der Waals surface area contributed by atoms with E-state index in [4.69, 9.17) is 4.52 Å². The summed E-state index contributed by atoms with van der Waals surface area (Å²) in [6.45, 7) is 6.16. The molecule has 1 saturated heterocycles. The van der Waals surface area contributed by atoms with Crippen molar-refractivity contribution in [2.24, 2.45) is 0 Å². The van der Waals surface area contributed by atoms with Crippen LogP contribution in [0.1, 0.15) is 48.5 Å². The van der Waals surface area contributed by atoms with Crippen LogP contribution in [0.3, 0.4) is 0 Å². The normalized spacial score (nSPS) is 20.6. The highest BCUT2D eigenvalue weighted by Crippen LogP contribution is 2.23. The van der Waals surface area contributed by atoms with E-state index in [-0.39, 0.29) is 23.5 Å². The molecule has 2 rings (SSSR count). The zero-order chi connectivity index (χ0) is 15.6. The molecular formula is C14H22N2O4S. The first kappa shape index (κ1) is 16.0. The van der Waals surface area contributed by atoms with Crippen LogP contribution in [0.2, 0.25) is 0 Å². The van der Waals surface area contributed by atoms with Crippen LogP contribution in [0.4, 0.5) is 0 Å². The Bertz CT molecular complexity index is 621. The minimum atomic E-state index is -3.02. The number of sulfone groups is 1. The van der Waals surface area contributed by atoms with Crippen molar-refractivity contribution in [3.63, 3.8) is 0 Å². The molecule has 21 heavy (non-hydrogen) atoms. The van der Waals surface area contributed by atoms with Gasteiger partial charge in [-0.25, -0.2) is 8.42 Å². The molecule has 1 aliphatic rings. The van der Waals surface area contributed by atoms with E-state index < -0.39 is 9.84 Å². The molecule has 1 atom stereocenters. The third-order valence-corrected chi connectivity index (χ3v) is 5.61. The van der Waals surface area contributed by atoms with Gasteiger partial charge in [0, 0.05) is 12.6 Å². The summed E-state index contributed by atoms with van der Waals surface area (Å²) < 4.78 is 28.5. The first-order chi connectivity index (χ1) is 9.89. The Hall–Kier alpha value is -1.37. The number of carbonyl (C=O) groups is 1. The van der Waals surface area contributed by atoms with Crippen LogP contribution in [-0.4, -0.2) is 48.5 Å². The molecule has 0 radical (unpaired) electrons. The number of rotatable bonds is 5. The van der Waals surface area contributed by atoms with Gasteiger partial charge < -0.3 is 9.42 Å². The van der Waals surface area contributed by atoms with Crippen molar-refractivity contribution in [2.45, 2.75) is 46.1 Å². The van der Waals surface area contributed by atoms with Gasteiger partial charge in [0.1, 0.15) is 11.3 Å². The smallest absolute Gasteiger partial charge is 0.259 e. The summed E-state index contributed by atoms with van der Waals surface area (Å²) in [5.74, 6) is 0.562. The maximum Gasteiger partial charge on any atom is 0.259 e. The van der Waals surface area contributed by atoms with E-state index in [1.807, 2.05) is 13.8 Å². The number of aryl methyl sites for hydroxylation is 2. The van der Waals surface area contributed by atoms with Gasteiger partial charge >= 0.3 is 0 Å². The van der Waals surface area contributed by atoms with Gasteiger partial charge in [0.15, 0.2) is 9.84 Å². The van der Waals surface area contributed by atoms with Crippen molar-refractivity contribution in [3.05, 3.63) is 17.0 Å². The highest BCUT2D eigenvalue weighted by Gasteiger charge is 2.36. The topological polar surface area (TPSA) is 80.5 Å². The van der Waals surface area contributed by atoms with Crippen molar-refractivity contribution in [1.82, 2.24) is 10.1 Å². The maximum absolute atomic E-state index is 12.8. The summed E-state index contributed by atoms with van der Waals surface area (Å²) in [6.07, 6.45) is 1.91. The lowest BCUT2D eigenvalue weighted by molar-refractivity contribution is 0.0694. The molecule has 0 aliphatic carbocycles. The lowest BCUT2D eigenvalue weighted by Gasteiger charge is -2.27. The Labute approximate surface area is 125 Å². The van der Waals surface area contributed by atoms with Crippen molar-refractivity contribution >= 4 is 15.7 Å². The minimum Gasteiger partial charge on any atom is -0.361 e. The summed E-state index contributed by atoms with van der Waals surface area (Å²) in [5, 5.41) is 3.91. The van der Waals surface area contributed by atoms with Crippen LogP contribution < -0.4 is 0 Å². The number of nitrogens with zero attached hydrogens (tertiary/aromatic N) is 2. The van der Waals surface area contributed by atoms with Gasteiger partial charge in [-0.05, 0) is 26.2 Å². The second kappa shape index (κ2) is 6.17. The zero-order valence-corrected chi connectivity index (χ0v) is 13.6. The van der Waals surface area contributed by atoms with Gasteiger partial charge in [-0.3, -0.25) is 4.79 Å². The predicted octanol–water partition coefficient (Wildman–Crippen LogP) is 1.58. The standard InChI is InChI=1S/C14H22N2O4S/c1-4-7-16(11-6-8-21(18,19)9-11)14(17)13-10(3)20-15-12(13)5-2/h11H,4-9H2,1-3H3. The van der Waals surface area contributed by atoms with E-state index in [1.54, 1.807) is 11.8 Å². The Morgan fingerprint density at radius 2 is 2.14 bits per heavy atom. The molecule has 1 aromatic rings. The number of hydrogen-bond acceptors (Lipinski definition) is 5. The molecule has 118 valence electrons. The fourth-order valence-electron chi connectivity index (χ4n) is 2.79. The maximum atomic E-state index is 12.8. The summed E-state index contributed by atoms with van der Waals surface area (Å²) in [6, 6.07) is -0.235. The Morgan fingerprint density at radius 1 is 1.43 bits per heavy atom. The van der Waals surface area contributed by atoms with Crippen molar-refractivity contribution in [3.8, 4) is 0 Å². The Balaban J connectivity index is 2.30. The van der Waals surface area contributed by atoms with Crippen LogP contribution in [-0.2, 0) is 16.3 Å². The average Bonchev–Trinajstić information content (AvgIpc) is 2.97. The Kier molecular flexibility index (Phi) is 4.70. The van der Waals surface area contributed by atoms with Gasteiger partial charge in [-0.2, -0.15) is 0 Å². The lowest BCUT2D eigenvalue weighted by atomic mass is 10.1. The molecule has 1 unspecified atom stereocenters. The summed E-state index contributed by atoms with van der Waals surface area (Å²) >= 11 is 0. The summed E-state index contributed by atoms with van der Waals surface area (Å²) in [4.78, 5) is 14.5. The molecule has 0 spiro atoms. The van der Waals surface area contributed by atoms with Gasteiger partial charge in [-0.1, -0.05) is 19.0 Å². The molecule has 0 aromatic carbocycles. The second-order valence-corrected chi connectivity index (χ2v) is 7.70. The third-order valence-electron chi connectivity index (χ3n) is 3.86. The second-order valence-electron chi connectivity index (χ2n) is 5.47. The monoisotopic (exact) mass is 314 g/mol. The quantitative estimate of drug-likeness (QED) is 0.824. The van der Waals surface area contributed by atoms with Crippen LogP contribution >= 0.6 is 0 Å². The fraction of sp³-hybridized carbons (Fsp3) is 0.714. The summed E-state index contributed by atoms with van der Waals surface area (Å²) in [5.41, 5.74) is 1.13. The fourth-order valence-corrected chi connectivity index (χ4v) is 4.52. The van der Waals surface area contributed by atoms with Gasteiger partial charge in [0.05, 0.1) is 17.2 Å². The molecular weight excluding hydrogens is 292 g/mol. The molecule has 0 N–H and O–H groups in total. The van der Waals surface area contributed by atoms with E-state index in [2.05, 4.69) is 5.16 Å². The zero-order valence-electron chi connectivity index (χ0n) is 12.8.